The number of halogens is 2. The first kappa shape index (κ1) is 19.2. The number of carbonyl (C=O) groups is 1. The van der Waals surface area contributed by atoms with E-state index in [4.69, 9.17) is 27.6 Å². The highest BCUT2D eigenvalue weighted by atomic mass is 35.5. The zero-order valence-electron chi connectivity index (χ0n) is 15.1. The average Bonchev–Trinajstić information content (AvgIpc) is 2.70. The Morgan fingerprint density at radius 1 is 0.931 bits per heavy atom. The molecule has 1 N–H and O–H groups in total. The largest absolute Gasteiger partial charge is 0.456 e. The second-order valence-electron chi connectivity index (χ2n) is 6.52. The summed E-state index contributed by atoms with van der Waals surface area (Å²) in [6.45, 7) is 0. The fourth-order valence-electron chi connectivity index (χ4n) is 3.02. The Bertz CT molecular complexity index is 1260. The normalized spacial score (nSPS) is 10.8. The zero-order valence-corrected chi connectivity index (χ0v) is 16.6. The lowest BCUT2D eigenvalue weighted by molar-refractivity contribution is -0.115. The third-order valence-electron chi connectivity index (χ3n) is 4.43. The van der Waals surface area contributed by atoms with E-state index in [2.05, 4.69) is 5.32 Å². The lowest BCUT2D eigenvalue weighted by Crippen LogP contribution is -2.14. The van der Waals surface area contributed by atoms with Gasteiger partial charge in [0.05, 0.1) is 16.8 Å². The highest BCUT2D eigenvalue weighted by Gasteiger charge is 2.11. The van der Waals surface area contributed by atoms with E-state index in [9.17, 15) is 9.59 Å². The minimum Gasteiger partial charge on any atom is -0.456 e. The number of amides is 1. The topological polar surface area (TPSA) is 59.3 Å². The van der Waals surface area contributed by atoms with Gasteiger partial charge in [-0.2, -0.15) is 0 Å². The predicted molar refractivity (Wildman–Crippen MR) is 117 cm³/mol. The quantitative estimate of drug-likeness (QED) is 0.441. The Kier molecular flexibility index (Phi) is 5.38. The lowest BCUT2D eigenvalue weighted by atomic mass is 10.1. The van der Waals surface area contributed by atoms with E-state index in [-0.39, 0.29) is 17.8 Å². The molecule has 0 atom stereocenters. The van der Waals surface area contributed by atoms with Crippen molar-refractivity contribution in [3.05, 3.63) is 98.6 Å². The second-order valence-corrected chi connectivity index (χ2v) is 7.36. The molecule has 0 saturated carbocycles. The average molecular weight is 424 g/mol. The van der Waals surface area contributed by atoms with Crippen LogP contribution in [0.3, 0.4) is 0 Å². The predicted octanol–water partition coefficient (Wildman–Crippen LogP) is 5.95. The highest BCUT2D eigenvalue weighted by Crippen LogP contribution is 2.29. The monoisotopic (exact) mass is 423 g/mol. The SMILES string of the molecule is O=C(Cc1ccc(Cl)cc1)Nc1ccc2oc(-c3ccccc3Cl)cc(=O)c2c1. The van der Waals surface area contributed by atoms with E-state index >= 15 is 0 Å². The molecule has 1 amide bonds. The van der Waals surface area contributed by atoms with Crippen LogP contribution in [-0.2, 0) is 11.2 Å². The summed E-state index contributed by atoms with van der Waals surface area (Å²) in [4.78, 5) is 24.9. The zero-order chi connectivity index (χ0) is 20.4. The number of hydrogen-bond acceptors (Lipinski definition) is 3. The fourth-order valence-corrected chi connectivity index (χ4v) is 3.38. The van der Waals surface area contributed by atoms with E-state index in [0.29, 0.717) is 38.0 Å². The van der Waals surface area contributed by atoms with E-state index in [1.807, 2.05) is 12.1 Å². The first-order valence-corrected chi connectivity index (χ1v) is 9.62. The molecule has 0 bridgehead atoms. The molecule has 0 aliphatic rings. The van der Waals surface area contributed by atoms with Crippen LogP contribution in [0.1, 0.15) is 5.56 Å². The molecule has 0 aliphatic carbocycles. The van der Waals surface area contributed by atoms with Gasteiger partial charge >= 0.3 is 0 Å². The van der Waals surface area contributed by atoms with E-state index in [1.165, 1.54) is 6.07 Å². The van der Waals surface area contributed by atoms with Gasteiger partial charge < -0.3 is 9.73 Å². The van der Waals surface area contributed by atoms with Crippen LogP contribution in [0, 0.1) is 0 Å². The van der Waals surface area contributed by atoms with E-state index < -0.39 is 0 Å². The van der Waals surface area contributed by atoms with Crippen molar-refractivity contribution in [1.82, 2.24) is 0 Å². The summed E-state index contributed by atoms with van der Waals surface area (Å²) in [5.41, 5.74) is 2.22. The summed E-state index contributed by atoms with van der Waals surface area (Å²) in [5, 5.41) is 4.30. The minimum atomic E-state index is -0.213. The molecule has 0 fully saturated rings. The maximum atomic E-state index is 12.6. The van der Waals surface area contributed by atoms with Crippen molar-refractivity contribution in [3.63, 3.8) is 0 Å². The maximum Gasteiger partial charge on any atom is 0.228 e. The van der Waals surface area contributed by atoms with Gasteiger partial charge in [0.1, 0.15) is 11.3 Å². The van der Waals surface area contributed by atoms with Gasteiger partial charge in [-0.15, -0.1) is 0 Å². The van der Waals surface area contributed by atoms with Gasteiger partial charge in [0.15, 0.2) is 5.43 Å². The first-order chi connectivity index (χ1) is 14.0. The summed E-state index contributed by atoms with van der Waals surface area (Å²) in [7, 11) is 0. The van der Waals surface area contributed by atoms with Crippen molar-refractivity contribution >= 4 is 45.8 Å². The molecule has 144 valence electrons. The third-order valence-corrected chi connectivity index (χ3v) is 5.01. The van der Waals surface area contributed by atoms with Crippen molar-refractivity contribution in [1.29, 1.82) is 0 Å². The molecule has 29 heavy (non-hydrogen) atoms. The van der Waals surface area contributed by atoms with Crippen molar-refractivity contribution in [3.8, 4) is 11.3 Å². The molecule has 4 rings (SSSR count). The summed E-state index contributed by atoms with van der Waals surface area (Å²) in [6.07, 6.45) is 0.204. The van der Waals surface area contributed by atoms with Gasteiger partial charge in [0, 0.05) is 22.3 Å². The van der Waals surface area contributed by atoms with Crippen LogP contribution >= 0.6 is 23.2 Å². The molecule has 3 aromatic carbocycles. The van der Waals surface area contributed by atoms with Gasteiger partial charge in [-0.25, -0.2) is 0 Å². The van der Waals surface area contributed by atoms with Gasteiger partial charge in [0.2, 0.25) is 5.91 Å². The van der Waals surface area contributed by atoms with Gasteiger partial charge in [0.25, 0.3) is 0 Å². The molecule has 0 saturated heterocycles. The molecule has 0 aliphatic heterocycles. The van der Waals surface area contributed by atoms with Crippen LogP contribution in [0.4, 0.5) is 5.69 Å². The number of carbonyl (C=O) groups excluding carboxylic acids is 1. The summed E-state index contributed by atoms with van der Waals surface area (Å²) < 4.78 is 5.87. The van der Waals surface area contributed by atoms with Gasteiger partial charge in [-0.1, -0.05) is 47.5 Å². The van der Waals surface area contributed by atoms with Crippen LogP contribution in [0.2, 0.25) is 10.0 Å². The van der Waals surface area contributed by atoms with Crippen molar-refractivity contribution in [2.24, 2.45) is 0 Å². The van der Waals surface area contributed by atoms with E-state index in [1.54, 1.807) is 54.6 Å². The first-order valence-electron chi connectivity index (χ1n) is 8.87. The fraction of sp³-hybridized carbons (Fsp3) is 0.0435. The molecule has 0 radical (unpaired) electrons. The van der Waals surface area contributed by atoms with Crippen molar-refractivity contribution in [2.45, 2.75) is 6.42 Å². The Morgan fingerprint density at radius 3 is 2.45 bits per heavy atom. The molecule has 1 heterocycles. The molecular formula is C23H15Cl2NO3. The molecule has 0 unspecified atom stereocenters. The number of hydrogen-bond donors (Lipinski definition) is 1. The Hall–Kier alpha value is -3.08. The molecule has 4 aromatic rings. The molecule has 1 aromatic heterocycles. The third kappa shape index (κ3) is 4.34. The molecule has 6 heteroatoms. The van der Waals surface area contributed by atoms with Crippen LogP contribution in [0.5, 0.6) is 0 Å². The standard InChI is InChI=1S/C23H15Cl2NO3/c24-15-7-5-14(6-8-15)11-23(28)26-16-9-10-21-18(12-16)20(27)13-22(29-21)17-3-1-2-4-19(17)25/h1-10,12-13H,11H2,(H,26,28). The summed E-state index contributed by atoms with van der Waals surface area (Å²) in [6, 6.07) is 20.6. The van der Waals surface area contributed by atoms with E-state index in [0.717, 1.165) is 5.56 Å². The Morgan fingerprint density at radius 2 is 1.69 bits per heavy atom. The summed E-state index contributed by atoms with van der Waals surface area (Å²) in [5.74, 6) is 0.205. The molecular weight excluding hydrogens is 409 g/mol. The van der Waals surface area contributed by atoms with Crippen LogP contribution in [0.25, 0.3) is 22.3 Å². The molecule has 0 spiro atoms. The summed E-state index contributed by atoms with van der Waals surface area (Å²) >= 11 is 12.1. The Balaban J connectivity index is 1.59. The van der Waals surface area contributed by atoms with Crippen LogP contribution in [0.15, 0.2) is 82.0 Å². The van der Waals surface area contributed by atoms with Crippen molar-refractivity contribution < 1.29 is 9.21 Å². The highest BCUT2D eigenvalue weighted by molar-refractivity contribution is 6.33. The van der Waals surface area contributed by atoms with Gasteiger partial charge in [-0.3, -0.25) is 9.59 Å². The number of benzene rings is 3. The lowest BCUT2D eigenvalue weighted by Gasteiger charge is -2.08. The smallest absolute Gasteiger partial charge is 0.228 e. The number of fused-ring (bicyclic) bond motifs is 1. The Labute approximate surface area is 176 Å². The van der Waals surface area contributed by atoms with Crippen molar-refractivity contribution in [2.75, 3.05) is 5.32 Å². The maximum absolute atomic E-state index is 12.6. The number of anilines is 1. The molecule has 4 nitrogen and oxygen atoms in total. The van der Waals surface area contributed by atoms with Crippen LogP contribution in [-0.4, -0.2) is 5.91 Å². The minimum absolute atomic E-state index is 0.191. The van der Waals surface area contributed by atoms with Gasteiger partial charge in [-0.05, 0) is 48.0 Å². The second kappa shape index (κ2) is 8.11. The number of rotatable bonds is 4. The van der Waals surface area contributed by atoms with Crippen LogP contribution < -0.4 is 10.7 Å². The number of nitrogens with one attached hydrogen (secondary N) is 1.